The van der Waals surface area contributed by atoms with Gasteiger partial charge in [0.05, 0.1) is 68.4 Å². The van der Waals surface area contributed by atoms with Gasteiger partial charge in [-0.3, -0.25) is 9.55 Å². The van der Waals surface area contributed by atoms with Gasteiger partial charge in [0.2, 0.25) is 0 Å². The predicted octanol–water partition coefficient (Wildman–Crippen LogP) is 9.40. The molecule has 4 aromatic heterocycles. The van der Waals surface area contributed by atoms with Gasteiger partial charge >= 0.3 is 0 Å². The largest absolute Gasteiger partial charge is 0.307 e. The Morgan fingerprint density at radius 1 is 0.545 bits per heavy atom. The summed E-state index contributed by atoms with van der Waals surface area (Å²) in [5.74, 6) is -1.12. The first-order valence-electron chi connectivity index (χ1n) is 23.5. The van der Waals surface area contributed by atoms with Gasteiger partial charge in [-0.2, -0.15) is 0 Å². The minimum Gasteiger partial charge on any atom is -0.307 e. The lowest BCUT2D eigenvalue weighted by molar-refractivity contribution is 1.04. The molecule has 0 amide bonds. The number of hydrogen-bond acceptors (Lipinski definition) is 3. The smallest absolute Gasteiger partial charge is 0.164 e. The van der Waals surface area contributed by atoms with Crippen molar-refractivity contribution in [3.8, 4) is 34.2 Å². The van der Waals surface area contributed by atoms with Crippen molar-refractivity contribution in [2.24, 2.45) is 0 Å². The fraction of sp³-hybridized carbons (Fsp3) is 0. The highest BCUT2D eigenvalue weighted by Crippen LogP contribution is 2.37. The molecule has 0 aliphatic rings. The third-order valence-corrected chi connectivity index (χ3v) is 7.03. The monoisotopic (exact) mass is 584 g/mol. The first-order valence-corrected chi connectivity index (χ1v) is 13.0. The molecule has 0 fully saturated rings. The molecule has 9 aromatic rings. The van der Waals surface area contributed by atoms with Gasteiger partial charge in [0.15, 0.2) is 5.82 Å². The van der Waals surface area contributed by atoms with Crippen LogP contribution in [-0.2, 0) is 0 Å². The highest BCUT2D eigenvalue weighted by Gasteiger charge is 2.20. The van der Waals surface area contributed by atoms with Crippen LogP contribution in [0.25, 0.3) is 77.8 Å². The van der Waals surface area contributed by atoms with Crippen molar-refractivity contribution >= 4 is 43.6 Å². The van der Waals surface area contributed by atoms with Gasteiger partial charge < -0.3 is 4.57 Å². The van der Waals surface area contributed by atoms with Gasteiger partial charge in [-0.1, -0.05) is 96.7 Å². The summed E-state index contributed by atoms with van der Waals surface area (Å²) in [7, 11) is 0. The van der Waals surface area contributed by atoms with Crippen LogP contribution in [0.4, 0.5) is 0 Å². The Bertz CT molecular complexity index is 3590. The van der Waals surface area contributed by atoms with E-state index in [0.29, 0.717) is 0 Å². The average Bonchev–Trinajstić information content (AvgIpc) is 3.84. The molecule has 0 N–H and O–H groups in total. The second kappa shape index (κ2) is 9.75. The molecule has 44 heavy (non-hydrogen) atoms. The first-order chi connectivity index (χ1) is 30.6. The van der Waals surface area contributed by atoms with E-state index in [1.807, 2.05) is 0 Å². The van der Waals surface area contributed by atoms with Crippen LogP contribution in [0, 0.1) is 0 Å². The fourth-order valence-corrected chi connectivity index (χ4v) is 5.23. The SMILES string of the molecule is [2H]c1nc([2H])c2c(c1[2H])c1c([2H])c([2H])c([2H])c([2H])c1n2-c1ccccc1-c1nc(-c2c([2H])c([2H])c([2H])c([2H])c2[2H])c([2H])c(-n2c3c([2H])c([2H])c([2H])c([2H])c3c3c([2H])c([2H])c([2H])c([2H])c32)n1. The van der Waals surface area contributed by atoms with E-state index in [0.717, 1.165) is 4.57 Å². The van der Waals surface area contributed by atoms with Crippen molar-refractivity contribution in [2.45, 2.75) is 0 Å². The normalized spacial score (nSPS) is 18.3. The summed E-state index contributed by atoms with van der Waals surface area (Å²) in [5.41, 5.74) is -2.86. The summed E-state index contributed by atoms with van der Waals surface area (Å²) in [4.78, 5) is 13.2. The molecular formula is C39H25N5. The summed E-state index contributed by atoms with van der Waals surface area (Å²) in [6, 6.07) is -8.26. The van der Waals surface area contributed by atoms with Crippen molar-refractivity contribution < 1.29 is 28.8 Å². The van der Waals surface area contributed by atoms with Crippen LogP contribution < -0.4 is 0 Å². The Kier molecular flexibility index (Phi) is 2.56. The summed E-state index contributed by atoms with van der Waals surface area (Å²) >= 11 is 0. The average molecular weight is 585 g/mol. The molecular weight excluding hydrogens is 538 g/mol. The Morgan fingerprint density at radius 2 is 1.14 bits per heavy atom. The maximum atomic E-state index is 9.65. The molecule has 9 rings (SSSR count). The minimum absolute atomic E-state index is 0.0632. The molecule has 5 heteroatoms. The topological polar surface area (TPSA) is 48.5 Å². The number of pyridine rings is 1. The zero-order chi connectivity index (χ0) is 47.3. The number of hydrogen-bond donors (Lipinski definition) is 0. The van der Waals surface area contributed by atoms with Crippen molar-refractivity contribution in [3.05, 3.63) is 151 Å². The van der Waals surface area contributed by atoms with Gasteiger partial charge in [0.1, 0.15) is 5.82 Å². The first kappa shape index (κ1) is 11.5. The van der Waals surface area contributed by atoms with Crippen molar-refractivity contribution in [1.82, 2.24) is 24.1 Å². The second-order valence-corrected chi connectivity index (χ2v) is 9.39. The summed E-state index contributed by atoms with van der Waals surface area (Å²) in [6.45, 7) is 0. The standard InChI is InChI=1S/C39H25N5/c1-2-12-26(13-3-1)32-24-38(44-34-19-9-5-14-27(34)28-15-6-10-20-35(28)44)42-39(41-32)31-17-7-11-21-36(31)43-33-18-8-4-16-29(33)30-22-23-40-25-37(30)43/h1-25H/i1D,2D,3D,4D,5D,6D,8D,9D,10D,12D,13D,14D,15D,16D,18D,19D,20D,22D,23D,24D,25D. The summed E-state index contributed by atoms with van der Waals surface area (Å²) in [6.07, 6.45) is -1.27. The lowest BCUT2D eigenvalue weighted by Gasteiger charge is -2.15. The van der Waals surface area contributed by atoms with Crippen molar-refractivity contribution in [1.29, 1.82) is 0 Å². The van der Waals surface area contributed by atoms with E-state index in [2.05, 4.69) is 9.97 Å². The van der Waals surface area contributed by atoms with E-state index in [-0.39, 0.29) is 43.8 Å². The number of benzene rings is 5. The van der Waals surface area contributed by atoms with Gasteiger partial charge in [0.25, 0.3) is 0 Å². The van der Waals surface area contributed by atoms with Crippen LogP contribution >= 0.6 is 0 Å². The van der Waals surface area contributed by atoms with Crippen LogP contribution in [0.1, 0.15) is 28.8 Å². The van der Waals surface area contributed by atoms with Crippen LogP contribution in [0.15, 0.2) is 151 Å². The summed E-state index contributed by atoms with van der Waals surface area (Å²) in [5, 5.41) is -1.20. The maximum absolute atomic E-state index is 9.65. The van der Waals surface area contributed by atoms with E-state index in [9.17, 15) is 1.37 Å². The van der Waals surface area contributed by atoms with E-state index in [4.69, 9.17) is 32.4 Å². The van der Waals surface area contributed by atoms with E-state index in [1.54, 1.807) is 0 Å². The van der Waals surface area contributed by atoms with Gasteiger partial charge in [-0.05, 0) is 36.3 Å². The van der Waals surface area contributed by atoms with Crippen LogP contribution in [0.3, 0.4) is 0 Å². The highest BCUT2D eigenvalue weighted by molar-refractivity contribution is 6.10. The number of fused-ring (bicyclic) bond motifs is 6. The number of aromatic nitrogens is 5. The number of rotatable bonds is 4. The minimum atomic E-state index is -0.825. The predicted molar refractivity (Wildman–Crippen MR) is 179 cm³/mol. The molecule has 0 bridgehead atoms. The zero-order valence-corrected chi connectivity index (χ0v) is 22.0. The fourth-order valence-electron chi connectivity index (χ4n) is 5.23. The Balaban J connectivity index is 1.53. The third kappa shape index (κ3) is 3.69. The quantitative estimate of drug-likeness (QED) is 0.207. The molecule has 5 aromatic carbocycles. The lowest BCUT2D eigenvalue weighted by atomic mass is 10.1. The highest BCUT2D eigenvalue weighted by atomic mass is 15.1. The molecule has 4 heterocycles. The Morgan fingerprint density at radius 3 is 1.84 bits per heavy atom. The van der Waals surface area contributed by atoms with Crippen LogP contribution in [0.5, 0.6) is 0 Å². The molecule has 0 saturated heterocycles. The van der Waals surface area contributed by atoms with Gasteiger partial charge in [0, 0.05) is 44.9 Å². The molecule has 0 saturated carbocycles. The summed E-state index contributed by atoms with van der Waals surface area (Å²) < 4.78 is 186. The van der Waals surface area contributed by atoms with Gasteiger partial charge in [-0.25, -0.2) is 9.97 Å². The van der Waals surface area contributed by atoms with E-state index >= 15 is 0 Å². The van der Waals surface area contributed by atoms with Crippen molar-refractivity contribution in [3.63, 3.8) is 0 Å². The van der Waals surface area contributed by atoms with E-state index in [1.165, 1.54) is 28.8 Å². The molecule has 5 nitrogen and oxygen atoms in total. The van der Waals surface area contributed by atoms with Gasteiger partial charge in [-0.15, -0.1) is 0 Å². The zero-order valence-electron chi connectivity index (χ0n) is 43.0. The number of nitrogens with zero attached hydrogens (tertiary/aromatic N) is 5. The molecule has 0 atom stereocenters. The lowest BCUT2D eigenvalue weighted by Crippen LogP contribution is -2.04. The molecule has 0 spiro atoms. The van der Waals surface area contributed by atoms with E-state index < -0.39 is 161 Å². The molecule has 0 aliphatic carbocycles. The Labute approximate surface area is 282 Å². The maximum Gasteiger partial charge on any atom is 0.164 e. The molecule has 206 valence electrons. The van der Waals surface area contributed by atoms with Crippen molar-refractivity contribution in [2.75, 3.05) is 0 Å². The second-order valence-electron chi connectivity index (χ2n) is 9.39. The van der Waals surface area contributed by atoms with Crippen LogP contribution in [0.2, 0.25) is 0 Å². The third-order valence-electron chi connectivity index (χ3n) is 7.03. The van der Waals surface area contributed by atoms with Crippen LogP contribution in [-0.4, -0.2) is 24.1 Å². The molecule has 0 aliphatic heterocycles. The number of para-hydroxylation sites is 4. The Hall–Kier alpha value is -6.07. The molecule has 0 radical (unpaired) electrons. The molecule has 0 unspecified atom stereocenters.